The number of alkyl carbamates (subject to hydrolysis) is 2. The van der Waals surface area contributed by atoms with Gasteiger partial charge < -0.3 is 39.9 Å². The van der Waals surface area contributed by atoms with Gasteiger partial charge in [0.25, 0.3) is 0 Å². The molecule has 2 saturated heterocycles. The minimum Gasteiger partial charge on any atom is -0.450 e. The van der Waals surface area contributed by atoms with E-state index in [2.05, 4.69) is 20.6 Å². The molecule has 2 aliphatic heterocycles. The van der Waals surface area contributed by atoms with Crippen molar-refractivity contribution < 1.29 is 28.7 Å². The molecule has 306 valence electrons. The molecule has 0 radical (unpaired) electrons. The van der Waals surface area contributed by atoms with Gasteiger partial charge in [0.05, 0.1) is 53.1 Å². The number of nitrogens with zero attached hydrogens (tertiary/aromatic N) is 5. The number of benzene rings is 2. The van der Waals surface area contributed by atoms with Crippen molar-refractivity contribution in [3.05, 3.63) is 66.4 Å². The summed E-state index contributed by atoms with van der Waals surface area (Å²) >= 11 is 0. The maximum Gasteiger partial charge on any atom is 0.407 e. The maximum absolute atomic E-state index is 13.7. The summed E-state index contributed by atoms with van der Waals surface area (Å²) in [7, 11) is 0. The standard InChI is InChI=1S/C43H53N9O6/c1-7-57-42(55)49-36(24(3)4)40(53)51-19-9-11-34(51)38-45-30-17-13-26(21-32(30)47-38)28-15-16-29(44-23-28)27-14-18-31-33(22-27)48-39(46-31)35-12-10-20-52(35)41(54)37(25(5)6)50-43(56)58-8-2/h13-18,21-25,34-37H,7-12,19-20H2,1-6H3,(H,45,47)(H,46,48)(H,49,55)(H,50,56)/t34-,35-,36-,37?/m0/s1. The van der Waals surface area contributed by atoms with Crippen LogP contribution in [0.25, 0.3) is 44.5 Å². The van der Waals surface area contributed by atoms with Crippen LogP contribution in [0.2, 0.25) is 0 Å². The second kappa shape index (κ2) is 17.2. The Bertz CT molecular complexity index is 2120. The van der Waals surface area contributed by atoms with Crippen molar-refractivity contribution in [1.29, 1.82) is 0 Å². The first kappa shape index (κ1) is 40.2. The molecule has 58 heavy (non-hydrogen) atoms. The molecule has 2 aromatic carbocycles. The van der Waals surface area contributed by atoms with Crippen molar-refractivity contribution >= 4 is 46.1 Å². The van der Waals surface area contributed by atoms with Crippen molar-refractivity contribution in [2.45, 2.75) is 91.4 Å². The largest absolute Gasteiger partial charge is 0.450 e. The summed E-state index contributed by atoms with van der Waals surface area (Å²) in [6.45, 7) is 12.7. The number of fused-ring (bicyclic) bond motifs is 2. The number of carbonyl (C=O) groups is 4. The van der Waals surface area contributed by atoms with Gasteiger partial charge >= 0.3 is 12.2 Å². The molecule has 4 amide bonds. The number of carbonyl (C=O) groups excluding carboxylic acids is 4. The number of aromatic nitrogens is 5. The molecule has 3 aromatic heterocycles. The van der Waals surface area contributed by atoms with E-state index in [0.717, 1.165) is 81.8 Å². The van der Waals surface area contributed by atoms with E-state index in [0.29, 0.717) is 13.1 Å². The molecule has 0 saturated carbocycles. The summed E-state index contributed by atoms with van der Waals surface area (Å²) < 4.78 is 10.1. The summed E-state index contributed by atoms with van der Waals surface area (Å²) in [5, 5.41) is 5.50. The van der Waals surface area contributed by atoms with E-state index in [9.17, 15) is 19.2 Å². The van der Waals surface area contributed by atoms with Crippen LogP contribution in [0.1, 0.15) is 91.0 Å². The molecule has 5 aromatic rings. The fourth-order valence-corrected chi connectivity index (χ4v) is 8.06. The fraction of sp³-hybridized carbons (Fsp3) is 0.465. The van der Waals surface area contributed by atoms with Gasteiger partial charge in [0, 0.05) is 30.4 Å². The SMILES string of the molecule is CCOC(=O)NC(C(=O)N1CCC[C@H]1c1nc2ccc(-c3ccc(-c4ccc5[nH]c([C@@H]6CCCN6C(=O)[C@@H](NC(=O)OCC)C(C)C)nc5c4)cn3)cc2[nH]1)C(C)C. The lowest BCUT2D eigenvalue weighted by Gasteiger charge is -2.30. The Labute approximate surface area is 337 Å². The zero-order chi connectivity index (χ0) is 41.1. The average molecular weight is 792 g/mol. The number of amides is 4. The third kappa shape index (κ3) is 8.34. The molecule has 15 heteroatoms. The highest BCUT2D eigenvalue weighted by Gasteiger charge is 2.39. The van der Waals surface area contributed by atoms with Gasteiger partial charge in [-0.3, -0.25) is 14.6 Å². The van der Waals surface area contributed by atoms with Crippen LogP contribution in [-0.2, 0) is 19.1 Å². The molecule has 2 aliphatic rings. The van der Waals surface area contributed by atoms with Crippen LogP contribution in [0.4, 0.5) is 9.59 Å². The molecular formula is C43H53N9O6. The van der Waals surface area contributed by atoms with Crippen molar-refractivity contribution in [3.8, 4) is 22.4 Å². The number of rotatable bonds is 12. The molecule has 7 rings (SSSR count). The Morgan fingerprint density at radius 1 is 0.690 bits per heavy atom. The predicted molar refractivity (Wildman–Crippen MR) is 219 cm³/mol. The second-order valence-electron chi connectivity index (χ2n) is 15.7. The minimum atomic E-state index is -0.699. The summed E-state index contributed by atoms with van der Waals surface area (Å²) in [4.78, 5) is 77.0. The van der Waals surface area contributed by atoms with Crippen molar-refractivity contribution in [2.24, 2.45) is 11.8 Å². The van der Waals surface area contributed by atoms with Crippen molar-refractivity contribution in [3.63, 3.8) is 0 Å². The predicted octanol–water partition coefficient (Wildman–Crippen LogP) is 7.04. The molecule has 4 atom stereocenters. The van der Waals surface area contributed by atoms with Crippen LogP contribution in [0.3, 0.4) is 0 Å². The third-order valence-electron chi connectivity index (χ3n) is 11.1. The Kier molecular flexibility index (Phi) is 12.0. The lowest BCUT2D eigenvalue weighted by Crippen LogP contribution is -2.51. The Hall–Kier alpha value is -5.99. The lowest BCUT2D eigenvalue weighted by molar-refractivity contribution is -0.136. The number of nitrogens with one attached hydrogen (secondary N) is 4. The summed E-state index contributed by atoms with van der Waals surface area (Å²) in [5.41, 5.74) is 6.93. The van der Waals surface area contributed by atoms with Gasteiger partial charge in [0.15, 0.2) is 0 Å². The Morgan fingerprint density at radius 3 is 1.76 bits per heavy atom. The van der Waals surface area contributed by atoms with Crippen molar-refractivity contribution in [1.82, 2.24) is 45.4 Å². The van der Waals surface area contributed by atoms with Crippen molar-refractivity contribution in [2.75, 3.05) is 26.3 Å². The first-order valence-corrected chi connectivity index (χ1v) is 20.4. The van der Waals surface area contributed by atoms with Crippen LogP contribution >= 0.6 is 0 Å². The monoisotopic (exact) mass is 791 g/mol. The summed E-state index contributed by atoms with van der Waals surface area (Å²) in [6.07, 6.45) is 3.88. The van der Waals surface area contributed by atoms with Gasteiger partial charge in [-0.15, -0.1) is 0 Å². The van der Waals surface area contributed by atoms with E-state index in [4.69, 9.17) is 24.4 Å². The van der Waals surface area contributed by atoms with Gasteiger partial charge in [0.2, 0.25) is 11.8 Å². The molecule has 2 fully saturated rings. The van der Waals surface area contributed by atoms with Crippen LogP contribution < -0.4 is 10.6 Å². The topological polar surface area (TPSA) is 188 Å². The smallest absolute Gasteiger partial charge is 0.407 e. The number of hydrogen-bond donors (Lipinski definition) is 4. The van der Waals surface area contributed by atoms with E-state index in [1.807, 2.05) is 92.2 Å². The third-order valence-corrected chi connectivity index (χ3v) is 11.1. The zero-order valence-corrected chi connectivity index (χ0v) is 34.0. The number of pyridine rings is 1. The first-order chi connectivity index (χ1) is 27.9. The number of H-pyrrole nitrogens is 2. The quantitative estimate of drug-likeness (QED) is 0.103. The van der Waals surface area contributed by atoms with E-state index in [-0.39, 0.29) is 48.9 Å². The molecule has 0 bridgehead atoms. The normalized spacial score (nSPS) is 17.9. The molecule has 5 heterocycles. The molecular weight excluding hydrogens is 739 g/mol. The van der Waals surface area contributed by atoms with Gasteiger partial charge in [-0.25, -0.2) is 19.6 Å². The van der Waals surface area contributed by atoms with Crippen LogP contribution in [0.15, 0.2) is 54.7 Å². The number of likely N-dealkylation sites (tertiary alicyclic amines) is 2. The number of aromatic amines is 2. The average Bonchev–Trinajstić information content (AvgIpc) is 4.03. The molecule has 15 nitrogen and oxygen atoms in total. The minimum absolute atomic E-state index is 0.114. The maximum atomic E-state index is 13.7. The fourth-order valence-electron chi connectivity index (χ4n) is 8.06. The molecule has 0 aliphatic carbocycles. The second-order valence-corrected chi connectivity index (χ2v) is 15.7. The van der Waals surface area contributed by atoms with E-state index >= 15 is 0 Å². The van der Waals surface area contributed by atoms with E-state index in [1.54, 1.807) is 13.8 Å². The van der Waals surface area contributed by atoms with E-state index in [1.165, 1.54) is 0 Å². The van der Waals surface area contributed by atoms with Gasteiger partial charge in [0.1, 0.15) is 23.7 Å². The Morgan fingerprint density at radius 2 is 1.22 bits per heavy atom. The highest BCUT2D eigenvalue weighted by Crippen LogP contribution is 2.35. The first-order valence-electron chi connectivity index (χ1n) is 20.4. The van der Waals surface area contributed by atoms with Crippen LogP contribution in [-0.4, -0.2) is 97.1 Å². The van der Waals surface area contributed by atoms with Gasteiger partial charge in [-0.2, -0.15) is 0 Å². The number of hydrogen-bond acceptors (Lipinski definition) is 9. The molecule has 4 N–H and O–H groups in total. The zero-order valence-electron chi connectivity index (χ0n) is 34.0. The van der Waals surface area contributed by atoms with Gasteiger partial charge in [-0.1, -0.05) is 45.9 Å². The number of ether oxygens (including phenoxy) is 2. The Balaban J connectivity index is 1.05. The molecule has 1 unspecified atom stereocenters. The molecule has 0 spiro atoms. The van der Waals surface area contributed by atoms with Gasteiger partial charge in [-0.05, 0) is 87.3 Å². The summed E-state index contributed by atoms with van der Waals surface area (Å²) in [6, 6.07) is 14.2. The highest BCUT2D eigenvalue weighted by atomic mass is 16.6. The lowest BCUT2D eigenvalue weighted by atomic mass is 10.0. The summed E-state index contributed by atoms with van der Waals surface area (Å²) in [5.74, 6) is 0.929. The number of imidazole rings is 2. The van der Waals surface area contributed by atoms with E-state index < -0.39 is 24.3 Å². The van der Waals surface area contributed by atoms with Crippen LogP contribution in [0, 0.1) is 11.8 Å². The highest BCUT2D eigenvalue weighted by molar-refractivity contribution is 5.88. The van der Waals surface area contributed by atoms with Crippen LogP contribution in [0.5, 0.6) is 0 Å².